The summed E-state index contributed by atoms with van der Waals surface area (Å²) in [6.45, 7) is 13.0. The lowest BCUT2D eigenvalue weighted by Gasteiger charge is -2.18. The number of nitrogens with one attached hydrogen (secondary N) is 1. The molecule has 1 N–H and O–H groups in total. The van der Waals surface area contributed by atoms with Crippen molar-refractivity contribution in [3.05, 3.63) is 23.6 Å². The highest BCUT2D eigenvalue weighted by Crippen LogP contribution is 2.17. The molecular weight excluding hydrogens is 269 g/mol. The summed E-state index contributed by atoms with van der Waals surface area (Å²) >= 11 is 0. The second-order valence-corrected chi connectivity index (χ2v) is 5.49. The molecule has 1 rings (SSSR count). The Morgan fingerprint density at radius 1 is 1.33 bits per heavy atom. The van der Waals surface area contributed by atoms with Gasteiger partial charge in [-0.1, -0.05) is 27.7 Å². The molecule has 0 unspecified atom stereocenters. The smallest absolute Gasteiger partial charge is 0.250 e. The minimum Gasteiger partial charge on any atom is -0.474 e. The fourth-order valence-electron chi connectivity index (χ4n) is 2.01. The quantitative estimate of drug-likeness (QED) is 0.720. The lowest BCUT2D eigenvalue weighted by atomic mass is 10.2. The third-order valence-electron chi connectivity index (χ3n) is 3.35. The summed E-state index contributed by atoms with van der Waals surface area (Å²) in [6.07, 6.45) is 1.60. The second-order valence-electron chi connectivity index (χ2n) is 5.49. The number of hydrogen-bond acceptors (Lipinski definition) is 4. The Morgan fingerprint density at radius 2 is 2.05 bits per heavy atom. The minimum absolute atomic E-state index is 0.103. The second kappa shape index (κ2) is 9.68. The molecule has 0 atom stereocenters. The van der Waals surface area contributed by atoms with Crippen LogP contribution < -0.4 is 10.1 Å². The maximum atomic E-state index is 14.2. The summed E-state index contributed by atoms with van der Waals surface area (Å²) in [5.74, 6) is 0.291. The molecule has 21 heavy (non-hydrogen) atoms. The Balaban J connectivity index is 2.51. The summed E-state index contributed by atoms with van der Waals surface area (Å²) in [7, 11) is 0. The van der Waals surface area contributed by atoms with E-state index in [1.54, 1.807) is 12.3 Å². The first kappa shape index (κ1) is 17.9. The molecule has 0 radical (unpaired) electrons. The molecule has 0 aliphatic heterocycles. The number of pyridine rings is 1. The van der Waals surface area contributed by atoms with E-state index in [2.05, 4.69) is 42.9 Å². The summed E-state index contributed by atoms with van der Waals surface area (Å²) < 4.78 is 19.7. The number of aromatic nitrogens is 1. The van der Waals surface area contributed by atoms with E-state index in [0.29, 0.717) is 24.6 Å². The molecule has 0 spiro atoms. The molecule has 1 heterocycles. The largest absolute Gasteiger partial charge is 0.474 e. The molecule has 0 aliphatic carbocycles. The average molecular weight is 297 g/mol. The zero-order valence-corrected chi connectivity index (χ0v) is 13.7. The first-order valence-corrected chi connectivity index (χ1v) is 7.77. The fraction of sp³-hybridized carbons (Fsp3) is 0.688. The van der Waals surface area contributed by atoms with Crippen LogP contribution in [-0.4, -0.2) is 42.7 Å². The van der Waals surface area contributed by atoms with Gasteiger partial charge < -0.3 is 15.0 Å². The number of ether oxygens (including phenoxy) is 1. The maximum Gasteiger partial charge on any atom is 0.250 e. The highest BCUT2D eigenvalue weighted by Gasteiger charge is 2.11. The standard InChI is InChI=1S/C16H28FN3O/c1-5-20(6-2)9-10-21-16-15(17)14(7-8-19-16)12-18-11-13(3)4/h7-8,13,18H,5-6,9-12H2,1-4H3. The van der Waals surface area contributed by atoms with Crippen molar-refractivity contribution in [1.29, 1.82) is 0 Å². The van der Waals surface area contributed by atoms with Gasteiger partial charge in [0, 0.05) is 24.8 Å². The van der Waals surface area contributed by atoms with Gasteiger partial charge in [-0.3, -0.25) is 0 Å². The van der Waals surface area contributed by atoms with E-state index >= 15 is 0 Å². The van der Waals surface area contributed by atoms with Crippen LogP contribution in [0.15, 0.2) is 12.3 Å². The summed E-state index contributed by atoms with van der Waals surface area (Å²) in [5, 5.41) is 3.23. The Morgan fingerprint density at radius 3 is 2.67 bits per heavy atom. The van der Waals surface area contributed by atoms with Crippen LogP contribution in [-0.2, 0) is 6.54 Å². The number of hydrogen-bond donors (Lipinski definition) is 1. The molecule has 5 heteroatoms. The highest BCUT2D eigenvalue weighted by molar-refractivity contribution is 5.23. The predicted octanol–water partition coefficient (Wildman–Crippen LogP) is 2.69. The molecule has 0 saturated carbocycles. The van der Waals surface area contributed by atoms with Crippen molar-refractivity contribution in [2.24, 2.45) is 5.92 Å². The maximum absolute atomic E-state index is 14.2. The van der Waals surface area contributed by atoms with Gasteiger partial charge in [0.1, 0.15) is 6.61 Å². The van der Waals surface area contributed by atoms with Crippen molar-refractivity contribution in [2.75, 3.05) is 32.8 Å². The number of likely N-dealkylation sites (N-methyl/N-ethyl adjacent to an activating group) is 1. The van der Waals surface area contributed by atoms with E-state index in [-0.39, 0.29) is 11.7 Å². The molecule has 0 fully saturated rings. The van der Waals surface area contributed by atoms with Crippen LogP contribution >= 0.6 is 0 Å². The first-order chi connectivity index (χ1) is 10.1. The summed E-state index contributed by atoms with van der Waals surface area (Å²) in [4.78, 5) is 6.22. The van der Waals surface area contributed by atoms with Crippen molar-refractivity contribution in [2.45, 2.75) is 34.2 Å². The normalized spacial score (nSPS) is 11.4. The van der Waals surface area contributed by atoms with E-state index in [1.807, 2.05) is 0 Å². The molecule has 0 saturated heterocycles. The van der Waals surface area contributed by atoms with Gasteiger partial charge in [0.2, 0.25) is 0 Å². The number of nitrogens with zero attached hydrogens (tertiary/aromatic N) is 2. The van der Waals surface area contributed by atoms with Crippen molar-refractivity contribution < 1.29 is 9.13 Å². The number of rotatable bonds is 10. The van der Waals surface area contributed by atoms with E-state index in [0.717, 1.165) is 26.2 Å². The van der Waals surface area contributed by atoms with Crippen LogP contribution in [0, 0.1) is 11.7 Å². The predicted molar refractivity (Wildman–Crippen MR) is 84.0 cm³/mol. The molecule has 0 aromatic carbocycles. The third kappa shape index (κ3) is 6.40. The SMILES string of the molecule is CCN(CC)CCOc1nccc(CNCC(C)C)c1F. The topological polar surface area (TPSA) is 37.4 Å². The van der Waals surface area contributed by atoms with Crippen molar-refractivity contribution in [3.63, 3.8) is 0 Å². The monoisotopic (exact) mass is 297 g/mol. The Kier molecular flexibility index (Phi) is 8.23. The van der Waals surface area contributed by atoms with E-state index in [4.69, 9.17) is 4.74 Å². The summed E-state index contributed by atoms with van der Waals surface area (Å²) in [6, 6.07) is 1.69. The van der Waals surface area contributed by atoms with E-state index in [1.165, 1.54) is 0 Å². The van der Waals surface area contributed by atoms with Gasteiger partial charge in [0.15, 0.2) is 5.82 Å². The van der Waals surface area contributed by atoms with Crippen molar-refractivity contribution >= 4 is 0 Å². The Bertz CT molecular complexity index is 409. The zero-order valence-electron chi connectivity index (χ0n) is 13.7. The van der Waals surface area contributed by atoms with Gasteiger partial charge in [-0.05, 0) is 31.6 Å². The lowest BCUT2D eigenvalue weighted by molar-refractivity contribution is 0.211. The van der Waals surface area contributed by atoms with Crippen LogP contribution in [0.1, 0.15) is 33.3 Å². The fourth-order valence-corrected chi connectivity index (χ4v) is 2.01. The van der Waals surface area contributed by atoms with Crippen molar-refractivity contribution in [3.8, 4) is 5.88 Å². The van der Waals surface area contributed by atoms with Crippen LogP contribution in [0.5, 0.6) is 5.88 Å². The van der Waals surface area contributed by atoms with Crippen molar-refractivity contribution in [1.82, 2.24) is 15.2 Å². The molecule has 0 aliphatic rings. The molecule has 1 aromatic heterocycles. The van der Waals surface area contributed by atoms with Gasteiger partial charge >= 0.3 is 0 Å². The third-order valence-corrected chi connectivity index (χ3v) is 3.35. The zero-order chi connectivity index (χ0) is 15.7. The van der Waals surface area contributed by atoms with Gasteiger partial charge in [-0.15, -0.1) is 0 Å². The minimum atomic E-state index is -0.353. The molecule has 0 amide bonds. The van der Waals surface area contributed by atoms with Crippen LogP contribution in [0.4, 0.5) is 4.39 Å². The molecule has 120 valence electrons. The molecular formula is C16H28FN3O. The van der Waals surface area contributed by atoms with Crippen LogP contribution in [0.25, 0.3) is 0 Å². The van der Waals surface area contributed by atoms with E-state index < -0.39 is 0 Å². The molecule has 0 bridgehead atoms. The summed E-state index contributed by atoms with van der Waals surface area (Å²) in [5.41, 5.74) is 0.600. The lowest BCUT2D eigenvalue weighted by Crippen LogP contribution is -2.28. The highest BCUT2D eigenvalue weighted by atomic mass is 19.1. The van der Waals surface area contributed by atoms with Gasteiger partial charge in [-0.25, -0.2) is 9.37 Å². The van der Waals surface area contributed by atoms with Crippen LogP contribution in [0.2, 0.25) is 0 Å². The average Bonchev–Trinajstić information content (AvgIpc) is 2.46. The van der Waals surface area contributed by atoms with Gasteiger partial charge in [0.05, 0.1) is 0 Å². The van der Waals surface area contributed by atoms with Gasteiger partial charge in [-0.2, -0.15) is 0 Å². The first-order valence-electron chi connectivity index (χ1n) is 7.77. The molecule has 4 nitrogen and oxygen atoms in total. The molecule has 1 aromatic rings. The number of halogens is 1. The van der Waals surface area contributed by atoms with E-state index in [9.17, 15) is 4.39 Å². The van der Waals surface area contributed by atoms with Gasteiger partial charge in [0.25, 0.3) is 5.88 Å². The Hall–Kier alpha value is -1.20. The Labute approximate surface area is 127 Å². The van der Waals surface area contributed by atoms with Crippen LogP contribution in [0.3, 0.4) is 0 Å².